The number of benzene rings is 2. The van der Waals surface area contributed by atoms with Crippen LogP contribution in [-0.2, 0) is 16.0 Å². The SMILES string of the molecule is O=C(COC(=O)[C@H]1COc2ccc(Cl)cc2C1)c1ccc2c(c1)OCCO2. The molecule has 0 unspecified atom stereocenters. The van der Waals surface area contributed by atoms with Crippen LogP contribution in [0.2, 0.25) is 5.02 Å². The lowest BCUT2D eigenvalue weighted by molar-refractivity contribution is -0.148. The number of hydrogen-bond donors (Lipinski definition) is 0. The van der Waals surface area contributed by atoms with E-state index < -0.39 is 11.9 Å². The molecule has 0 saturated heterocycles. The topological polar surface area (TPSA) is 71.1 Å². The van der Waals surface area contributed by atoms with E-state index in [1.165, 1.54) is 0 Å². The summed E-state index contributed by atoms with van der Waals surface area (Å²) < 4.78 is 21.7. The zero-order chi connectivity index (χ0) is 18.8. The van der Waals surface area contributed by atoms with Crippen LogP contribution in [0.25, 0.3) is 0 Å². The normalized spacial score (nSPS) is 17.4. The van der Waals surface area contributed by atoms with Crippen molar-refractivity contribution in [3.63, 3.8) is 0 Å². The van der Waals surface area contributed by atoms with Crippen molar-refractivity contribution < 1.29 is 28.5 Å². The van der Waals surface area contributed by atoms with Gasteiger partial charge in [-0.2, -0.15) is 0 Å². The molecule has 0 saturated carbocycles. The maximum atomic E-state index is 12.3. The van der Waals surface area contributed by atoms with Crippen LogP contribution in [0.3, 0.4) is 0 Å². The van der Waals surface area contributed by atoms with E-state index in [1.807, 2.05) is 0 Å². The summed E-state index contributed by atoms with van der Waals surface area (Å²) in [6.07, 6.45) is 0.465. The van der Waals surface area contributed by atoms with Gasteiger partial charge in [0.05, 0.1) is 5.92 Å². The Morgan fingerprint density at radius 1 is 1.00 bits per heavy atom. The van der Waals surface area contributed by atoms with Gasteiger partial charge in [0.1, 0.15) is 25.6 Å². The summed E-state index contributed by atoms with van der Waals surface area (Å²) in [5, 5.41) is 0.583. The van der Waals surface area contributed by atoms with E-state index in [9.17, 15) is 9.59 Å². The number of halogens is 1. The van der Waals surface area contributed by atoms with Crippen molar-refractivity contribution in [3.8, 4) is 17.2 Å². The number of rotatable bonds is 4. The molecule has 2 aromatic rings. The first-order valence-electron chi connectivity index (χ1n) is 8.61. The quantitative estimate of drug-likeness (QED) is 0.592. The molecular weight excluding hydrogens is 372 g/mol. The molecule has 27 heavy (non-hydrogen) atoms. The number of carbonyl (C=O) groups excluding carboxylic acids is 2. The zero-order valence-electron chi connectivity index (χ0n) is 14.4. The van der Waals surface area contributed by atoms with Crippen LogP contribution in [0.15, 0.2) is 36.4 Å². The van der Waals surface area contributed by atoms with Gasteiger partial charge >= 0.3 is 5.97 Å². The van der Waals surface area contributed by atoms with Crippen LogP contribution < -0.4 is 14.2 Å². The number of fused-ring (bicyclic) bond motifs is 2. The smallest absolute Gasteiger partial charge is 0.313 e. The summed E-state index contributed by atoms with van der Waals surface area (Å²) in [7, 11) is 0. The van der Waals surface area contributed by atoms with Crippen molar-refractivity contribution in [2.24, 2.45) is 5.92 Å². The van der Waals surface area contributed by atoms with Gasteiger partial charge in [-0.05, 0) is 48.4 Å². The van der Waals surface area contributed by atoms with E-state index in [0.29, 0.717) is 41.7 Å². The van der Waals surface area contributed by atoms with Gasteiger partial charge in [-0.15, -0.1) is 0 Å². The maximum Gasteiger partial charge on any atom is 0.313 e. The molecule has 0 amide bonds. The average molecular weight is 389 g/mol. The Balaban J connectivity index is 1.36. The van der Waals surface area contributed by atoms with Crippen molar-refractivity contribution in [2.75, 3.05) is 26.4 Å². The third-order valence-electron chi connectivity index (χ3n) is 4.47. The van der Waals surface area contributed by atoms with Gasteiger partial charge in [0.2, 0.25) is 0 Å². The van der Waals surface area contributed by atoms with Crippen LogP contribution in [0, 0.1) is 5.92 Å². The molecular formula is C20H17ClO6. The Morgan fingerprint density at radius 3 is 2.63 bits per heavy atom. The van der Waals surface area contributed by atoms with Gasteiger partial charge < -0.3 is 18.9 Å². The van der Waals surface area contributed by atoms with E-state index in [-0.39, 0.29) is 19.0 Å². The summed E-state index contributed by atoms with van der Waals surface area (Å²) in [6, 6.07) is 10.2. The van der Waals surface area contributed by atoms with Crippen LogP contribution in [0.4, 0.5) is 0 Å². The fraction of sp³-hybridized carbons (Fsp3) is 0.300. The van der Waals surface area contributed by atoms with Gasteiger partial charge in [-0.25, -0.2) is 0 Å². The fourth-order valence-corrected chi connectivity index (χ4v) is 3.26. The molecule has 7 heteroatoms. The van der Waals surface area contributed by atoms with Crippen molar-refractivity contribution in [1.82, 2.24) is 0 Å². The largest absolute Gasteiger partial charge is 0.492 e. The number of ether oxygens (including phenoxy) is 4. The van der Waals surface area contributed by atoms with Crippen LogP contribution in [0.5, 0.6) is 17.2 Å². The van der Waals surface area contributed by atoms with Crippen LogP contribution in [-0.4, -0.2) is 38.2 Å². The van der Waals surface area contributed by atoms with E-state index in [4.69, 9.17) is 30.5 Å². The molecule has 1 atom stereocenters. The summed E-state index contributed by atoms with van der Waals surface area (Å²) in [6.45, 7) is 0.797. The van der Waals surface area contributed by atoms with Gasteiger partial charge in [-0.1, -0.05) is 11.6 Å². The lowest BCUT2D eigenvalue weighted by Gasteiger charge is -2.24. The molecule has 140 valence electrons. The minimum atomic E-state index is -0.468. The van der Waals surface area contributed by atoms with Gasteiger partial charge in [-0.3, -0.25) is 9.59 Å². The van der Waals surface area contributed by atoms with E-state index in [1.54, 1.807) is 36.4 Å². The maximum absolute atomic E-state index is 12.3. The lowest BCUT2D eigenvalue weighted by Crippen LogP contribution is -2.31. The number of carbonyl (C=O) groups is 2. The van der Waals surface area contributed by atoms with Crippen molar-refractivity contribution in [3.05, 3.63) is 52.5 Å². The highest BCUT2D eigenvalue weighted by molar-refractivity contribution is 6.30. The summed E-state index contributed by atoms with van der Waals surface area (Å²) in [5.74, 6) is 0.603. The highest BCUT2D eigenvalue weighted by atomic mass is 35.5. The molecule has 2 heterocycles. The standard InChI is InChI=1S/C20H17ClO6/c21-15-2-4-17-13(8-15)7-14(10-26-17)20(23)27-11-16(22)12-1-3-18-19(9-12)25-6-5-24-18/h1-4,8-9,14H,5-7,10-11H2/t14-/m1/s1. The summed E-state index contributed by atoms with van der Waals surface area (Å²) in [4.78, 5) is 24.7. The second kappa shape index (κ2) is 7.48. The van der Waals surface area contributed by atoms with Crippen molar-refractivity contribution in [1.29, 1.82) is 0 Å². The van der Waals surface area contributed by atoms with Gasteiger partial charge in [0, 0.05) is 10.6 Å². The first-order chi connectivity index (χ1) is 13.1. The average Bonchev–Trinajstić information content (AvgIpc) is 2.70. The molecule has 0 N–H and O–H groups in total. The lowest BCUT2D eigenvalue weighted by atomic mass is 9.97. The molecule has 0 aromatic heterocycles. The number of hydrogen-bond acceptors (Lipinski definition) is 6. The number of esters is 1. The Bertz CT molecular complexity index is 894. The van der Waals surface area contributed by atoms with Crippen LogP contribution >= 0.6 is 11.6 Å². The molecule has 6 nitrogen and oxygen atoms in total. The monoisotopic (exact) mass is 388 g/mol. The summed E-state index contributed by atoms with van der Waals surface area (Å²) >= 11 is 5.99. The van der Waals surface area contributed by atoms with E-state index in [2.05, 4.69) is 0 Å². The first-order valence-corrected chi connectivity index (χ1v) is 8.98. The molecule has 0 bridgehead atoms. The molecule has 0 fully saturated rings. The Hall–Kier alpha value is -2.73. The molecule has 2 aliphatic rings. The Labute approximate surface area is 160 Å². The highest BCUT2D eigenvalue weighted by Gasteiger charge is 2.28. The predicted octanol–water partition coefficient (Wildman–Crippen LogP) is 3.09. The van der Waals surface area contributed by atoms with Gasteiger partial charge in [0.25, 0.3) is 0 Å². The second-order valence-corrected chi connectivity index (χ2v) is 6.79. The van der Waals surface area contributed by atoms with Crippen molar-refractivity contribution in [2.45, 2.75) is 6.42 Å². The van der Waals surface area contributed by atoms with Crippen molar-refractivity contribution >= 4 is 23.4 Å². The summed E-state index contributed by atoms with van der Waals surface area (Å²) in [5.41, 5.74) is 1.26. The third kappa shape index (κ3) is 3.85. The molecule has 0 spiro atoms. The molecule has 4 rings (SSSR count). The van der Waals surface area contributed by atoms with E-state index in [0.717, 1.165) is 11.3 Å². The fourth-order valence-electron chi connectivity index (χ4n) is 3.07. The Morgan fingerprint density at radius 2 is 1.78 bits per heavy atom. The predicted molar refractivity (Wildman–Crippen MR) is 96.9 cm³/mol. The minimum absolute atomic E-state index is 0.214. The highest BCUT2D eigenvalue weighted by Crippen LogP contribution is 2.32. The Kier molecular flexibility index (Phi) is 4.90. The van der Waals surface area contributed by atoms with E-state index >= 15 is 0 Å². The molecule has 0 aliphatic carbocycles. The third-order valence-corrected chi connectivity index (χ3v) is 4.71. The number of ketones is 1. The van der Waals surface area contributed by atoms with Crippen LogP contribution in [0.1, 0.15) is 15.9 Å². The molecule has 0 radical (unpaired) electrons. The molecule has 2 aliphatic heterocycles. The number of Topliss-reactive ketones (excluding diaryl/α,β-unsaturated/α-hetero) is 1. The second-order valence-electron chi connectivity index (χ2n) is 6.35. The first kappa shape index (κ1) is 17.7. The van der Waals surface area contributed by atoms with Gasteiger partial charge in [0.15, 0.2) is 23.9 Å². The zero-order valence-corrected chi connectivity index (χ0v) is 15.2. The molecule has 2 aromatic carbocycles. The minimum Gasteiger partial charge on any atom is -0.492 e.